The third-order valence-electron chi connectivity index (χ3n) is 1.61. The third-order valence-corrected chi connectivity index (χ3v) is 3.31. The lowest BCUT2D eigenvalue weighted by Crippen LogP contribution is -2.09. The number of nitrogens with zero attached hydrogens (tertiary/aromatic N) is 2. The Labute approximate surface area is 72.2 Å². The van der Waals surface area contributed by atoms with Crippen molar-refractivity contribution in [2.45, 2.75) is 19.0 Å². The average Bonchev–Trinajstić information content (AvgIpc) is 2.31. The maximum absolute atomic E-state index is 11.4. The lowest BCUT2D eigenvalue weighted by atomic mass is 10.6. The Kier molecular flexibility index (Phi) is 2.23. The van der Waals surface area contributed by atoms with Gasteiger partial charge in [0, 0.05) is 13.2 Å². The van der Waals surface area contributed by atoms with Crippen LogP contribution in [0.3, 0.4) is 0 Å². The molecule has 1 aromatic heterocycles. The first-order chi connectivity index (χ1) is 5.47. The van der Waals surface area contributed by atoms with Crippen LogP contribution in [0, 0.1) is 6.92 Å². The number of rotatable bonds is 2. The van der Waals surface area contributed by atoms with Gasteiger partial charge in [-0.25, -0.2) is 13.4 Å². The zero-order valence-electron chi connectivity index (χ0n) is 7.40. The van der Waals surface area contributed by atoms with Crippen molar-refractivity contribution < 1.29 is 8.42 Å². The Hall–Kier alpha value is -0.840. The van der Waals surface area contributed by atoms with Gasteiger partial charge in [-0.15, -0.1) is 0 Å². The molecular formula is C7H12N2O2S. The van der Waals surface area contributed by atoms with E-state index < -0.39 is 9.84 Å². The molecule has 0 saturated carbocycles. The second-order valence-corrected chi connectivity index (χ2v) is 4.85. The normalized spacial score (nSPS) is 11.9. The highest BCUT2D eigenvalue weighted by Gasteiger charge is 2.17. The van der Waals surface area contributed by atoms with Crippen molar-refractivity contribution in [3.05, 3.63) is 11.9 Å². The molecule has 5 heteroatoms. The number of hydrogen-bond acceptors (Lipinski definition) is 3. The summed E-state index contributed by atoms with van der Waals surface area (Å²) >= 11 is 0. The molecule has 0 aliphatic heterocycles. The van der Waals surface area contributed by atoms with Gasteiger partial charge in [-0.3, -0.25) is 0 Å². The summed E-state index contributed by atoms with van der Waals surface area (Å²) in [6.45, 7) is 3.38. The van der Waals surface area contributed by atoms with Gasteiger partial charge in [0.1, 0.15) is 0 Å². The largest absolute Gasteiger partial charge is 0.325 e. The van der Waals surface area contributed by atoms with Crippen LogP contribution in [0.5, 0.6) is 0 Å². The van der Waals surface area contributed by atoms with Crippen LogP contribution in [0.4, 0.5) is 0 Å². The van der Waals surface area contributed by atoms with Crippen LogP contribution in [0.25, 0.3) is 0 Å². The molecule has 0 fully saturated rings. The molecule has 0 aromatic carbocycles. The van der Waals surface area contributed by atoms with Gasteiger partial charge in [-0.1, -0.05) is 6.92 Å². The van der Waals surface area contributed by atoms with Gasteiger partial charge in [0.25, 0.3) is 0 Å². The summed E-state index contributed by atoms with van der Waals surface area (Å²) in [5.41, 5.74) is 0.726. The Bertz CT molecular complexity index is 378. The molecule has 1 heterocycles. The maximum Gasteiger partial charge on any atom is 0.227 e. The van der Waals surface area contributed by atoms with Gasteiger partial charge in [-0.2, -0.15) is 0 Å². The smallest absolute Gasteiger partial charge is 0.227 e. The van der Waals surface area contributed by atoms with Crippen molar-refractivity contribution in [1.82, 2.24) is 9.55 Å². The van der Waals surface area contributed by atoms with E-state index in [-0.39, 0.29) is 10.9 Å². The second-order valence-electron chi connectivity index (χ2n) is 2.68. The van der Waals surface area contributed by atoms with Crippen molar-refractivity contribution in [3.8, 4) is 0 Å². The van der Waals surface area contributed by atoms with Crippen LogP contribution < -0.4 is 0 Å². The van der Waals surface area contributed by atoms with Crippen LogP contribution in [0.1, 0.15) is 12.6 Å². The Morgan fingerprint density at radius 3 is 2.50 bits per heavy atom. The van der Waals surface area contributed by atoms with E-state index in [9.17, 15) is 8.42 Å². The zero-order chi connectivity index (χ0) is 9.35. The first-order valence-corrected chi connectivity index (χ1v) is 5.35. The van der Waals surface area contributed by atoms with Crippen LogP contribution >= 0.6 is 0 Å². The molecule has 4 nitrogen and oxygen atoms in total. The first kappa shape index (κ1) is 9.25. The highest BCUT2D eigenvalue weighted by molar-refractivity contribution is 7.91. The third kappa shape index (κ3) is 1.50. The lowest BCUT2D eigenvalue weighted by Gasteiger charge is -1.98. The minimum absolute atomic E-state index is 0.0945. The molecule has 1 rings (SSSR count). The predicted molar refractivity (Wildman–Crippen MR) is 45.7 cm³/mol. The maximum atomic E-state index is 11.4. The van der Waals surface area contributed by atoms with E-state index in [1.54, 1.807) is 27.1 Å². The summed E-state index contributed by atoms with van der Waals surface area (Å²) in [6.07, 6.45) is 1.70. The van der Waals surface area contributed by atoms with Gasteiger partial charge in [0.2, 0.25) is 15.0 Å². The van der Waals surface area contributed by atoms with E-state index in [1.165, 1.54) is 4.57 Å². The van der Waals surface area contributed by atoms with Crippen LogP contribution in [-0.4, -0.2) is 23.7 Å². The van der Waals surface area contributed by atoms with Gasteiger partial charge in [0.05, 0.1) is 11.4 Å². The van der Waals surface area contributed by atoms with Crippen molar-refractivity contribution in [1.29, 1.82) is 0 Å². The molecule has 0 atom stereocenters. The van der Waals surface area contributed by atoms with Gasteiger partial charge < -0.3 is 4.57 Å². The summed E-state index contributed by atoms with van der Waals surface area (Å²) in [5.74, 6) is 0.0945. The number of sulfone groups is 1. The molecule has 0 unspecified atom stereocenters. The van der Waals surface area contributed by atoms with E-state index in [1.807, 2.05) is 0 Å². The highest BCUT2D eigenvalue weighted by atomic mass is 32.2. The van der Waals surface area contributed by atoms with Crippen molar-refractivity contribution in [2.75, 3.05) is 5.75 Å². The number of imidazole rings is 1. The number of hydrogen-bond donors (Lipinski definition) is 0. The Morgan fingerprint density at radius 2 is 2.17 bits per heavy atom. The fourth-order valence-corrected chi connectivity index (χ4v) is 2.04. The quantitative estimate of drug-likeness (QED) is 0.680. The molecule has 12 heavy (non-hydrogen) atoms. The van der Waals surface area contributed by atoms with E-state index in [0.29, 0.717) is 0 Å². The molecule has 0 radical (unpaired) electrons. The standard InChI is InChI=1S/C7H12N2O2S/c1-4-12(10,11)7-8-6(2)5-9(7)3/h5H,4H2,1-3H3. The molecule has 0 bridgehead atoms. The SMILES string of the molecule is CCS(=O)(=O)c1nc(C)cn1C. The molecular weight excluding hydrogens is 176 g/mol. The molecule has 68 valence electrons. The number of aryl methyl sites for hydroxylation is 2. The predicted octanol–water partition coefficient (Wildman–Crippen LogP) is 0.522. The van der Waals surface area contributed by atoms with E-state index in [2.05, 4.69) is 4.98 Å². The summed E-state index contributed by atoms with van der Waals surface area (Å²) in [6, 6.07) is 0. The van der Waals surface area contributed by atoms with Gasteiger partial charge in [0.15, 0.2) is 0 Å². The first-order valence-electron chi connectivity index (χ1n) is 3.70. The highest BCUT2D eigenvalue weighted by Crippen LogP contribution is 2.08. The number of aromatic nitrogens is 2. The minimum Gasteiger partial charge on any atom is -0.325 e. The van der Waals surface area contributed by atoms with Crippen LogP contribution in [0.15, 0.2) is 11.4 Å². The summed E-state index contributed by atoms with van der Waals surface area (Å²) in [5, 5.41) is 0.155. The molecule has 0 amide bonds. The summed E-state index contributed by atoms with van der Waals surface area (Å²) in [7, 11) is -1.47. The van der Waals surface area contributed by atoms with Gasteiger partial charge >= 0.3 is 0 Å². The lowest BCUT2D eigenvalue weighted by molar-refractivity contribution is 0.580. The molecule has 0 aliphatic rings. The Morgan fingerprint density at radius 1 is 1.58 bits per heavy atom. The Balaban J connectivity index is 3.29. The minimum atomic E-state index is -3.16. The average molecular weight is 188 g/mol. The zero-order valence-corrected chi connectivity index (χ0v) is 8.22. The summed E-state index contributed by atoms with van der Waals surface area (Å²) in [4.78, 5) is 3.93. The van der Waals surface area contributed by atoms with Crippen molar-refractivity contribution in [3.63, 3.8) is 0 Å². The topological polar surface area (TPSA) is 52.0 Å². The molecule has 0 saturated heterocycles. The second kappa shape index (κ2) is 2.90. The van der Waals surface area contributed by atoms with Crippen LogP contribution in [0.2, 0.25) is 0 Å². The van der Waals surface area contributed by atoms with Crippen molar-refractivity contribution in [2.24, 2.45) is 7.05 Å². The fraction of sp³-hybridized carbons (Fsp3) is 0.571. The molecule has 1 aromatic rings. The monoisotopic (exact) mass is 188 g/mol. The van der Waals surface area contributed by atoms with Crippen molar-refractivity contribution >= 4 is 9.84 Å². The molecule has 0 aliphatic carbocycles. The van der Waals surface area contributed by atoms with E-state index >= 15 is 0 Å². The fourth-order valence-electron chi connectivity index (χ4n) is 1.01. The van der Waals surface area contributed by atoms with Crippen LogP contribution in [-0.2, 0) is 16.9 Å². The molecule has 0 N–H and O–H groups in total. The van der Waals surface area contributed by atoms with E-state index in [4.69, 9.17) is 0 Å². The van der Waals surface area contributed by atoms with Gasteiger partial charge in [-0.05, 0) is 6.92 Å². The summed E-state index contributed by atoms with van der Waals surface area (Å²) < 4.78 is 24.2. The van der Waals surface area contributed by atoms with E-state index in [0.717, 1.165) is 5.69 Å². The molecule has 0 spiro atoms.